The highest BCUT2D eigenvalue weighted by Gasteiger charge is 2.52. The van der Waals surface area contributed by atoms with Crippen LogP contribution in [0, 0.1) is 31.1 Å². The minimum Gasteiger partial charge on any atom is -0.455 e. The molecule has 3 heterocycles. The summed E-state index contributed by atoms with van der Waals surface area (Å²) in [5, 5.41) is 14.3. The van der Waals surface area contributed by atoms with Gasteiger partial charge in [-0.2, -0.15) is 14.8 Å². The number of Topliss-reactive ketones (excluding diaryl/α,β-unsaturated/α-hetero) is 1. The second-order valence-electron chi connectivity index (χ2n) is 11.3. The summed E-state index contributed by atoms with van der Waals surface area (Å²) in [6.07, 6.45) is 3.62. The van der Waals surface area contributed by atoms with Crippen molar-refractivity contribution in [2.75, 3.05) is 0 Å². The van der Waals surface area contributed by atoms with Crippen molar-refractivity contribution in [3.63, 3.8) is 0 Å². The minimum atomic E-state index is -1.42. The Kier molecular flexibility index (Phi) is 7.10. The molecule has 0 bridgehead atoms. The van der Waals surface area contributed by atoms with E-state index in [1.54, 1.807) is 0 Å². The fourth-order valence-electron chi connectivity index (χ4n) is 5.89. The molecule has 204 valence electrons. The van der Waals surface area contributed by atoms with Gasteiger partial charge in [-0.25, -0.2) is 9.78 Å². The van der Waals surface area contributed by atoms with Crippen molar-refractivity contribution in [1.82, 2.24) is 19.6 Å². The van der Waals surface area contributed by atoms with Gasteiger partial charge in [0.25, 0.3) is 11.9 Å². The summed E-state index contributed by atoms with van der Waals surface area (Å²) in [7, 11) is 0. The number of carbonyl (C=O) groups excluding carboxylic acids is 2. The minimum absolute atomic E-state index is 0.0745. The van der Waals surface area contributed by atoms with Crippen LogP contribution in [0.3, 0.4) is 0 Å². The molecule has 1 saturated heterocycles. The number of fused-ring (bicyclic) bond motifs is 1. The SMILES string of the molecule is Cc1cc(C)n2nc(OC3C(=O)CC(CCc4ccc(C(C)(C)C#N)c(Cl)c4)(C4CCCC4)OC3=O)nc2n1. The Morgan fingerprint density at radius 2 is 1.95 bits per heavy atom. The highest BCUT2D eigenvalue weighted by atomic mass is 35.5. The molecule has 39 heavy (non-hydrogen) atoms. The van der Waals surface area contributed by atoms with Gasteiger partial charge in [0.1, 0.15) is 5.60 Å². The second kappa shape index (κ2) is 10.2. The van der Waals surface area contributed by atoms with E-state index in [1.165, 1.54) is 4.52 Å². The number of rotatable bonds is 7. The Labute approximate surface area is 232 Å². The van der Waals surface area contributed by atoms with Gasteiger partial charge in [0.15, 0.2) is 5.78 Å². The fourth-order valence-corrected chi connectivity index (χ4v) is 6.33. The largest absolute Gasteiger partial charge is 0.455 e. The third-order valence-corrected chi connectivity index (χ3v) is 8.34. The van der Waals surface area contributed by atoms with Crippen molar-refractivity contribution < 1.29 is 19.1 Å². The number of benzene rings is 1. The van der Waals surface area contributed by atoms with Crippen molar-refractivity contribution in [2.24, 2.45) is 5.92 Å². The molecule has 2 aliphatic rings. The lowest BCUT2D eigenvalue weighted by Gasteiger charge is -2.42. The molecule has 10 heteroatoms. The topological polar surface area (TPSA) is 119 Å². The molecule has 0 N–H and O–H groups in total. The first-order chi connectivity index (χ1) is 18.5. The number of aromatic nitrogens is 4. The third kappa shape index (κ3) is 5.22. The van der Waals surface area contributed by atoms with Crippen LogP contribution in [0.4, 0.5) is 0 Å². The van der Waals surface area contributed by atoms with Crippen LogP contribution in [0.2, 0.25) is 5.02 Å². The molecule has 5 rings (SSSR count). The van der Waals surface area contributed by atoms with Gasteiger partial charge in [0, 0.05) is 16.4 Å². The van der Waals surface area contributed by atoms with Gasteiger partial charge in [-0.15, -0.1) is 5.10 Å². The summed E-state index contributed by atoms with van der Waals surface area (Å²) in [5.74, 6) is -0.604. The first kappa shape index (κ1) is 27.1. The second-order valence-corrected chi connectivity index (χ2v) is 11.7. The summed E-state index contributed by atoms with van der Waals surface area (Å²) >= 11 is 6.54. The number of halogens is 1. The summed E-state index contributed by atoms with van der Waals surface area (Å²) in [5.41, 5.74) is 1.71. The lowest BCUT2D eigenvalue weighted by Crippen LogP contribution is -2.55. The summed E-state index contributed by atoms with van der Waals surface area (Å²) in [6, 6.07) is 9.75. The lowest BCUT2D eigenvalue weighted by atomic mass is 9.75. The van der Waals surface area contributed by atoms with E-state index in [1.807, 2.05) is 52.0 Å². The van der Waals surface area contributed by atoms with E-state index in [0.29, 0.717) is 23.6 Å². The zero-order valence-corrected chi connectivity index (χ0v) is 23.4. The molecular formula is C29H32ClN5O4. The van der Waals surface area contributed by atoms with Crippen molar-refractivity contribution in [2.45, 2.75) is 89.8 Å². The van der Waals surface area contributed by atoms with E-state index in [2.05, 4.69) is 21.1 Å². The van der Waals surface area contributed by atoms with Crippen LogP contribution < -0.4 is 4.74 Å². The van der Waals surface area contributed by atoms with Crippen LogP contribution in [-0.4, -0.2) is 43.0 Å². The predicted molar refractivity (Wildman–Crippen MR) is 143 cm³/mol. The smallest absolute Gasteiger partial charge is 0.355 e. The summed E-state index contributed by atoms with van der Waals surface area (Å²) < 4.78 is 13.3. The fraction of sp³-hybridized carbons (Fsp3) is 0.517. The Bertz CT molecular complexity index is 1470. The van der Waals surface area contributed by atoms with E-state index in [0.717, 1.165) is 48.2 Å². The van der Waals surface area contributed by atoms with Gasteiger partial charge in [0.2, 0.25) is 0 Å². The Hall–Kier alpha value is -3.51. The first-order valence-electron chi connectivity index (χ1n) is 13.3. The molecule has 2 aromatic heterocycles. The average Bonchev–Trinajstić information content (AvgIpc) is 3.56. The Morgan fingerprint density at radius 3 is 2.62 bits per heavy atom. The average molecular weight is 550 g/mol. The van der Waals surface area contributed by atoms with Crippen LogP contribution in [0.15, 0.2) is 24.3 Å². The number of ether oxygens (including phenoxy) is 2. The Morgan fingerprint density at radius 1 is 1.21 bits per heavy atom. The number of carbonyl (C=O) groups is 2. The van der Waals surface area contributed by atoms with Gasteiger partial charge >= 0.3 is 12.0 Å². The monoisotopic (exact) mass is 549 g/mol. The van der Waals surface area contributed by atoms with Crippen LogP contribution >= 0.6 is 11.6 Å². The van der Waals surface area contributed by atoms with Crippen LogP contribution in [-0.2, 0) is 26.2 Å². The molecule has 2 atom stereocenters. The van der Waals surface area contributed by atoms with Gasteiger partial charge in [-0.1, -0.05) is 36.6 Å². The summed E-state index contributed by atoms with van der Waals surface area (Å²) in [6.45, 7) is 7.37. The van der Waals surface area contributed by atoms with Crippen molar-refractivity contribution in [1.29, 1.82) is 5.26 Å². The zero-order chi connectivity index (χ0) is 27.9. The maximum Gasteiger partial charge on any atom is 0.355 e. The number of esters is 1. The molecule has 3 aromatic rings. The van der Waals surface area contributed by atoms with Crippen molar-refractivity contribution >= 4 is 29.1 Å². The third-order valence-electron chi connectivity index (χ3n) is 8.03. The Balaban J connectivity index is 1.35. The molecule has 1 aliphatic carbocycles. The van der Waals surface area contributed by atoms with Crippen LogP contribution in [0.5, 0.6) is 6.01 Å². The summed E-state index contributed by atoms with van der Waals surface area (Å²) in [4.78, 5) is 35.3. The molecule has 2 fully saturated rings. The number of aryl methyl sites for hydroxylation is 3. The van der Waals surface area contributed by atoms with Crippen molar-refractivity contribution in [3.05, 3.63) is 51.8 Å². The van der Waals surface area contributed by atoms with Crippen LogP contribution in [0.1, 0.15) is 74.9 Å². The van der Waals surface area contributed by atoms with Gasteiger partial charge in [-0.3, -0.25) is 4.79 Å². The molecule has 2 unspecified atom stereocenters. The lowest BCUT2D eigenvalue weighted by molar-refractivity contribution is -0.190. The number of nitrogens with zero attached hydrogens (tertiary/aromatic N) is 5. The number of ketones is 1. The molecule has 0 radical (unpaired) electrons. The molecule has 0 amide bonds. The molecule has 9 nitrogen and oxygen atoms in total. The highest BCUT2D eigenvalue weighted by Crippen LogP contribution is 2.44. The van der Waals surface area contributed by atoms with E-state index < -0.39 is 23.1 Å². The number of hydrogen-bond acceptors (Lipinski definition) is 8. The van der Waals surface area contributed by atoms with E-state index >= 15 is 0 Å². The van der Waals surface area contributed by atoms with Gasteiger partial charge in [0.05, 0.1) is 17.9 Å². The number of nitriles is 1. The van der Waals surface area contributed by atoms with E-state index in [9.17, 15) is 14.9 Å². The molecule has 1 aliphatic heterocycles. The molecular weight excluding hydrogens is 518 g/mol. The maximum absolute atomic E-state index is 13.4. The van der Waals surface area contributed by atoms with E-state index in [4.69, 9.17) is 21.1 Å². The number of hydrogen-bond donors (Lipinski definition) is 0. The normalized spacial score (nSPS) is 22.2. The van der Waals surface area contributed by atoms with Crippen LogP contribution in [0.25, 0.3) is 5.78 Å². The molecule has 1 aromatic carbocycles. The number of cyclic esters (lactones) is 1. The maximum atomic E-state index is 13.4. The predicted octanol–water partition coefficient (Wildman–Crippen LogP) is 5.02. The van der Waals surface area contributed by atoms with Crippen molar-refractivity contribution in [3.8, 4) is 12.1 Å². The molecule has 0 spiro atoms. The quantitative estimate of drug-likeness (QED) is 0.297. The van der Waals surface area contributed by atoms with E-state index in [-0.39, 0.29) is 24.1 Å². The standard InChI is InChI=1S/C29H32ClN5O4/c1-17-13-18(2)35-26(32-17)33-27(34-35)38-24-23(36)15-29(39-25(24)37,20-7-5-6-8-20)12-11-19-9-10-21(22(30)14-19)28(3,4)16-31/h9-10,13-14,20,24H,5-8,11-12,15H2,1-4H3. The first-order valence-corrected chi connectivity index (χ1v) is 13.7. The van der Waals surface area contributed by atoms with Gasteiger partial charge < -0.3 is 9.47 Å². The van der Waals surface area contributed by atoms with Gasteiger partial charge in [-0.05, 0) is 82.6 Å². The molecule has 1 saturated carbocycles. The highest BCUT2D eigenvalue weighted by molar-refractivity contribution is 6.31. The zero-order valence-electron chi connectivity index (χ0n) is 22.7.